The van der Waals surface area contributed by atoms with E-state index >= 15 is 0 Å². The first-order valence-corrected chi connectivity index (χ1v) is 8.76. The zero-order valence-electron chi connectivity index (χ0n) is 11.8. The molecule has 0 aliphatic carbocycles. The molecule has 0 spiro atoms. The fourth-order valence-corrected chi connectivity index (χ4v) is 3.84. The van der Waals surface area contributed by atoms with Crippen molar-refractivity contribution < 1.29 is 17.9 Å². The van der Waals surface area contributed by atoms with Crippen LogP contribution in [0, 0.1) is 0 Å². The van der Waals surface area contributed by atoms with Crippen molar-refractivity contribution in [2.45, 2.75) is 30.2 Å². The fraction of sp³-hybridized carbons (Fsp3) is 0.571. The van der Waals surface area contributed by atoms with Gasteiger partial charge in [-0.05, 0) is 31.5 Å². The summed E-state index contributed by atoms with van der Waals surface area (Å²) in [5.74, 6) is 1.10. The number of benzene rings is 1. The van der Waals surface area contributed by atoms with Gasteiger partial charge in [-0.25, -0.2) is 13.1 Å². The Morgan fingerprint density at radius 1 is 1.14 bits per heavy atom. The van der Waals surface area contributed by atoms with E-state index in [1.54, 1.807) is 18.2 Å². The highest BCUT2D eigenvalue weighted by atomic mass is 32.2. The van der Waals surface area contributed by atoms with Crippen molar-refractivity contribution in [1.82, 2.24) is 10.0 Å². The summed E-state index contributed by atoms with van der Waals surface area (Å²) in [5.41, 5.74) is 0. The molecule has 0 aromatic heterocycles. The van der Waals surface area contributed by atoms with Gasteiger partial charge in [0.15, 0.2) is 11.5 Å². The maximum atomic E-state index is 12.4. The Labute approximate surface area is 124 Å². The van der Waals surface area contributed by atoms with Crippen molar-refractivity contribution in [3.05, 3.63) is 18.2 Å². The molecule has 0 bridgehead atoms. The maximum absolute atomic E-state index is 12.4. The lowest BCUT2D eigenvalue weighted by molar-refractivity contribution is 0.297. The van der Waals surface area contributed by atoms with Crippen molar-refractivity contribution in [3.8, 4) is 11.5 Å². The first kappa shape index (κ1) is 14.6. The van der Waals surface area contributed by atoms with Crippen LogP contribution in [0.1, 0.15) is 19.3 Å². The zero-order valence-corrected chi connectivity index (χ0v) is 12.6. The van der Waals surface area contributed by atoms with Gasteiger partial charge in [-0.1, -0.05) is 0 Å². The average molecular weight is 312 g/mol. The highest BCUT2D eigenvalue weighted by molar-refractivity contribution is 7.89. The molecule has 3 rings (SSSR count). The lowest BCUT2D eigenvalue weighted by Gasteiger charge is -2.23. The fourth-order valence-electron chi connectivity index (χ4n) is 2.55. The number of piperidine rings is 1. The van der Waals surface area contributed by atoms with E-state index in [-0.39, 0.29) is 10.9 Å². The average Bonchev–Trinajstić information content (AvgIpc) is 2.72. The largest absolute Gasteiger partial charge is 0.490 e. The third-order valence-corrected chi connectivity index (χ3v) is 5.17. The van der Waals surface area contributed by atoms with Gasteiger partial charge in [0.2, 0.25) is 10.0 Å². The summed E-state index contributed by atoms with van der Waals surface area (Å²) in [5, 5.41) is 3.20. The molecule has 1 aromatic carbocycles. The van der Waals surface area contributed by atoms with Crippen LogP contribution in [0.15, 0.2) is 23.1 Å². The Morgan fingerprint density at radius 2 is 1.95 bits per heavy atom. The zero-order chi connectivity index (χ0) is 14.7. The van der Waals surface area contributed by atoms with Crippen LogP contribution in [0.5, 0.6) is 11.5 Å². The second kappa shape index (κ2) is 6.21. The van der Waals surface area contributed by atoms with E-state index in [0.29, 0.717) is 31.3 Å². The van der Waals surface area contributed by atoms with Crippen LogP contribution in [0.25, 0.3) is 0 Å². The predicted octanol–water partition coefficient (Wildman–Crippen LogP) is 0.878. The summed E-state index contributed by atoms with van der Waals surface area (Å²) in [7, 11) is -3.53. The molecule has 0 radical (unpaired) electrons. The lowest BCUT2D eigenvalue weighted by Crippen LogP contribution is -2.45. The number of fused-ring (bicyclic) bond motifs is 1. The van der Waals surface area contributed by atoms with Gasteiger partial charge in [0.25, 0.3) is 0 Å². The maximum Gasteiger partial charge on any atom is 0.241 e. The predicted molar refractivity (Wildman–Crippen MR) is 78.3 cm³/mol. The van der Waals surface area contributed by atoms with E-state index in [9.17, 15) is 8.42 Å². The van der Waals surface area contributed by atoms with Gasteiger partial charge in [0.05, 0.1) is 18.1 Å². The molecule has 21 heavy (non-hydrogen) atoms. The minimum Gasteiger partial charge on any atom is -0.490 e. The molecule has 1 fully saturated rings. The van der Waals surface area contributed by atoms with Crippen LogP contribution >= 0.6 is 0 Å². The monoisotopic (exact) mass is 312 g/mol. The second-order valence-corrected chi connectivity index (χ2v) is 7.04. The summed E-state index contributed by atoms with van der Waals surface area (Å²) < 4.78 is 38.7. The minimum absolute atomic E-state index is 0.0558. The molecule has 0 unspecified atom stereocenters. The molecule has 0 saturated carbocycles. The molecule has 0 amide bonds. The van der Waals surface area contributed by atoms with E-state index in [2.05, 4.69) is 10.0 Å². The Kier molecular flexibility index (Phi) is 4.32. The normalized spacial score (nSPS) is 22.6. The van der Waals surface area contributed by atoms with Gasteiger partial charge in [-0.3, -0.25) is 0 Å². The van der Waals surface area contributed by atoms with Gasteiger partial charge < -0.3 is 14.8 Å². The summed E-state index contributed by atoms with van der Waals surface area (Å²) in [4.78, 5) is 0.220. The molecule has 116 valence electrons. The number of rotatable bonds is 3. The summed E-state index contributed by atoms with van der Waals surface area (Å²) in [6, 6.07) is 4.71. The second-order valence-electron chi connectivity index (χ2n) is 5.32. The lowest BCUT2D eigenvalue weighted by atomic mass is 10.1. The van der Waals surface area contributed by atoms with Gasteiger partial charge in [-0.2, -0.15) is 0 Å². The van der Waals surface area contributed by atoms with Gasteiger partial charge in [0, 0.05) is 25.1 Å². The summed E-state index contributed by atoms with van der Waals surface area (Å²) >= 11 is 0. The minimum atomic E-state index is -3.53. The van der Waals surface area contributed by atoms with Crippen LogP contribution in [0.2, 0.25) is 0 Å². The number of nitrogens with one attached hydrogen (secondary N) is 2. The highest BCUT2D eigenvalue weighted by Gasteiger charge is 2.23. The van der Waals surface area contributed by atoms with Crippen molar-refractivity contribution in [2.24, 2.45) is 0 Å². The summed E-state index contributed by atoms with van der Waals surface area (Å²) in [6.45, 7) is 2.74. The molecule has 2 N–H and O–H groups in total. The van der Waals surface area contributed by atoms with Crippen LogP contribution in [-0.4, -0.2) is 40.8 Å². The van der Waals surface area contributed by atoms with Crippen molar-refractivity contribution >= 4 is 10.0 Å². The Bertz CT molecular complexity index is 597. The molecule has 6 nitrogen and oxygen atoms in total. The topological polar surface area (TPSA) is 76.7 Å². The van der Waals surface area contributed by atoms with Gasteiger partial charge in [-0.15, -0.1) is 0 Å². The van der Waals surface area contributed by atoms with Crippen LogP contribution in [0.4, 0.5) is 0 Å². The third kappa shape index (κ3) is 3.48. The van der Waals surface area contributed by atoms with E-state index in [0.717, 1.165) is 25.8 Å². The van der Waals surface area contributed by atoms with Gasteiger partial charge in [0.1, 0.15) is 0 Å². The van der Waals surface area contributed by atoms with Crippen molar-refractivity contribution in [2.75, 3.05) is 26.3 Å². The smallest absolute Gasteiger partial charge is 0.241 e. The molecular weight excluding hydrogens is 292 g/mol. The van der Waals surface area contributed by atoms with E-state index < -0.39 is 10.0 Å². The van der Waals surface area contributed by atoms with Crippen LogP contribution < -0.4 is 19.5 Å². The highest BCUT2D eigenvalue weighted by Crippen LogP contribution is 2.31. The Balaban J connectivity index is 1.80. The SMILES string of the molecule is O=S(=O)(N[C@H]1CCCNC1)c1ccc2c(c1)OCCCO2. The van der Waals surface area contributed by atoms with Gasteiger partial charge >= 0.3 is 0 Å². The Morgan fingerprint density at radius 3 is 2.71 bits per heavy atom. The molecule has 2 aliphatic heterocycles. The molecular formula is C14H20N2O4S. The number of hydrogen-bond acceptors (Lipinski definition) is 5. The number of hydrogen-bond donors (Lipinski definition) is 2. The van der Waals surface area contributed by atoms with Crippen LogP contribution in [-0.2, 0) is 10.0 Å². The molecule has 1 atom stereocenters. The molecule has 7 heteroatoms. The Hall–Kier alpha value is -1.31. The first-order chi connectivity index (χ1) is 10.1. The van der Waals surface area contributed by atoms with Crippen molar-refractivity contribution in [3.63, 3.8) is 0 Å². The van der Waals surface area contributed by atoms with E-state index in [1.807, 2.05) is 0 Å². The van der Waals surface area contributed by atoms with Crippen molar-refractivity contribution in [1.29, 1.82) is 0 Å². The number of sulfonamides is 1. The summed E-state index contributed by atoms with van der Waals surface area (Å²) in [6.07, 6.45) is 2.63. The quantitative estimate of drug-likeness (QED) is 0.866. The third-order valence-electron chi connectivity index (χ3n) is 3.65. The molecule has 2 aliphatic rings. The van der Waals surface area contributed by atoms with E-state index in [1.165, 1.54) is 0 Å². The molecule has 2 heterocycles. The molecule has 1 aromatic rings. The molecule has 1 saturated heterocycles. The first-order valence-electron chi connectivity index (χ1n) is 7.28. The van der Waals surface area contributed by atoms with E-state index in [4.69, 9.17) is 9.47 Å². The number of ether oxygens (including phenoxy) is 2. The van der Waals surface area contributed by atoms with Crippen LogP contribution in [0.3, 0.4) is 0 Å². The standard InChI is InChI=1S/C14H20N2O4S/c17-21(18,16-11-3-1-6-15-10-11)12-4-5-13-14(9-12)20-8-2-7-19-13/h4-5,9,11,15-16H,1-3,6-8,10H2/t11-/m0/s1.